The first-order valence-electron chi connectivity index (χ1n) is 11.9. The van der Waals surface area contributed by atoms with Crippen LogP contribution in [-0.4, -0.2) is 82.7 Å². The van der Waals surface area contributed by atoms with Crippen molar-refractivity contribution in [1.82, 2.24) is 0 Å². The van der Waals surface area contributed by atoms with Gasteiger partial charge >= 0.3 is 35.8 Å². The van der Waals surface area contributed by atoms with Gasteiger partial charge in [0.25, 0.3) is 0 Å². The van der Waals surface area contributed by atoms with Gasteiger partial charge in [0.15, 0.2) is 0 Å². The van der Waals surface area contributed by atoms with E-state index in [4.69, 9.17) is 33.9 Å². The van der Waals surface area contributed by atoms with E-state index in [-0.39, 0.29) is 38.5 Å². The van der Waals surface area contributed by atoms with Gasteiger partial charge in [-0.1, -0.05) is 0 Å². The molecule has 0 aromatic rings. The van der Waals surface area contributed by atoms with Crippen LogP contribution in [0.1, 0.15) is 80.1 Å². The first-order chi connectivity index (χ1) is 17.1. The topological polar surface area (TPSA) is 189 Å². The molecule has 0 fully saturated rings. The van der Waals surface area contributed by atoms with E-state index in [1.807, 2.05) is 0 Å². The van der Waals surface area contributed by atoms with Crippen molar-refractivity contribution in [2.24, 2.45) is 0 Å². The van der Waals surface area contributed by atoms with Crippen molar-refractivity contribution >= 4 is 35.8 Å². The number of ether oxygens (including phenoxy) is 5. The number of aliphatic carboxylic acids is 1. The van der Waals surface area contributed by atoms with Crippen LogP contribution in [0, 0.1) is 0 Å². The number of rotatable bonds is 17. The molecule has 0 radical (unpaired) electrons. The Morgan fingerprint density at radius 1 is 0.459 bits per heavy atom. The Labute approximate surface area is 215 Å². The zero-order valence-electron chi connectivity index (χ0n) is 22.1. The van der Waals surface area contributed by atoms with Gasteiger partial charge < -0.3 is 33.9 Å². The largest absolute Gasteiger partial charge is 0.481 e. The summed E-state index contributed by atoms with van der Waals surface area (Å²) in [7, 11) is 0. The summed E-state index contributed by atoms with van der Waals surface area (Å²) >= 11 is 0. The van der Waals surface area contributed by atoms with Gasteiger partial charge in [-0.2, -0.15) is 0 Å². The van der Waals surface area contributed by atoms with Gasteiger partial charge in [0.1, 0.15) is 30.5 Å². The van der Waals surface area contributed by atoms with E-state index >= 15 is 0 Å². The van der Waals surface area contributed by atoms with Gasteiger partial charge in [-0.3, -0.25) is 28.8 Å². The number of hydrogen-bond acceptors (Lipinski definition) is 12. The second kappa shape index (κ2) is 17.3. The second-order valence-corrected chi connectivity index (χ2v) is 8.97. The maximum absolute atomic E-state index is 12.1. The van der Waals surface area contributed by atoms with Crippen LogP contribution in [0.3, 0.4) is 0 Å². The molecule has 2 N–H and O–H groups in total. The molecule has 0 aromatic heterocycles. The highest BCUT2D eigenvalue weighted by atomic mass is 16.6. The molecule has 0 saturated heterocycles. The minimum Gasteiger partial charge on any atom is -0.481 e. The van der Waals surface area contributed by atoms with Crippen LogP contribution >= 0.6 is 0 Å². The third kappa shape index (κ3) is 18.7. The average molecular weight is 535 g/mol. The maximum atomic E-state index is 12.1. The fourth-order valence-electron chi connectivity index (χ4n) is 3.00. The third-order valence-electron chi connectivity index (χ3n) is 4.40. The van der Waals surface area contributed by atoms with Crippen molar-refractivity contribution in [2.75, 3.05) is 0 Å². The van der Waals surface area contributed by atoms with E-state index < -0.39 is 72.4 Å². The van der Waals surface area contributed by atoms with Crippen LogP contribution < -0.4 is 0 Å². The predicted octanol–water partition coefficient (Wildman–Crippen LogP) is 1.45. The average Bonchev–Trinajstić information content (AvgIpc) is 2.64. The molecule has 212 valence electrons. The molecule has 0 saturated carbocycles. The van der Waals surface area contributed by atoms with E-state index in [9.17, 15) is 28.8 Å². The van der Waals surface area contributed by atoms with Crippen molar-refractivity contribution in [3.05, 3.63) is 0 Å². The molecule has 0 aliphatic heterocycles. The zero-order chi connectivity index (χ0) is 28.7. The van der Waals surface area contributed by atoms with E-state index in [1.54, 1.807) is 0 Å². The number of esters is 5. The third-order valence-corrected chi connectivity index (χ3v) is 4.40. The highest BCUT2D eigenvalue weighted by Gasteiger charge is 2.23. The van der Waals surface area contributed by atoms with Crippen molar-refractivity contribution in [3.63, 3.8) is 0 Å². The summed E-state index contributed by atoms with van der Waals surface area (Å²) in [5.41, 5.74) is 0. The monoisotopic (exact) mass is 534 g/mol. The molecule has 0 amide bonds. The summed E-state index contributed by atoms with van der Waals surface area (Å²) in [6, 6.07) is 0. The van der Waals surface area contributed by atoms with E-state index in [1.165, 1.54) is 41.5 Å². The fraction of sp³-hybridized carbons (Fsp3) is 0.750. The van der Waals surface area contributed by atoms with Crippen molar-refractivity contribution in [2.45, 2.75) is 117 Å². The van der Waals surface area contributed by atoms with Crippen LogP contribution in [0.2, 0.25) is 0 Å². The number of carbonyl (C=O) groups excluding carboxylic acids is 5. The van der Waals surface area contributed by atoms with Crippen molar-refractivity contribution in [1.29, 1.82) is 0 Å². The smallest absolute Gasteiger partial charge is 0.309 e. The summed E-state index contributed by atoms with van der Waals surface area (Å²) in [5.74, 6) is -4.63. The Hall–Kier alpha value is -3.22. The molecule has 0 rings (SSSR count). The predicted molar refractivity (Wildman–Crippen MR) is 125 cm³/mol. The maximum Gasteiger partial charge on any atom is 0.309 e. The highest BCUT2D eigenvalue weighted by Crippen LogP contribution is 2.11. The molecule has 0 aromatic carbocycles. The lowest BCUT2D eigenvalue weighted by Gasteiger charge is -2.18. The standard InChI is InChI=1S/C24H38O13/c1-13(25)7-20(28)34-15(3)9-22(30)36-17(5)11-24(32)37-18(6)12-23(31)35-16(4)10-21(29)33-14(2)8-19(26)27/h13-18,25H,7-12H2,1-6H3,(H,26,27). The fourth-order valence-corrected chi connectivity index (χ4v) is 3.00. The minimum atomic E-state index is -1.11. The van der Waals surface area contributed by atoms with Crippen LogP contribution in [0.25, 0.3) is 0 Å². The van der Waals surface area contributed by atoms with Crippen LogP contribution in [0.4, 0.5) is 0 Å². The van der Waals surface area contributed by atoms with E-state index in [2.05, 4.69) is 0 Å². The summed E-state index contributed by atoms with van der Waals surface area (Å²) in [6.45, 7) is 8.75. The highest BCUT2D eigenvalue weighted by molar-refractivity contribution is 5.75. The zero-order valence-corrected chi connectivity index (χ0v) is 22.1. The molecule has 37 heavy (non-hydrogen) atoms. The van der Waals surface area contributed by atoms with Gasteiger partial charge in [0, 0.05) is 0 Å². The number of carboxylic acid groups (broad SMARTS) is 1. The lowest BCUT2D eigenvalue weighted by atomic mass is 10.2. The summed E-state index contributed by atoms with van der Waals surface area (Å²) in [4.78, 5) is 70.0. The minimum absolute atomic E-state index is 0.202. The number of aliphatic hydroxyl groups excluding tert-OH is 1. The molecule has 6 unspecified atom stereocenters. The first-order valence-corrected chi connectivity index (χ1v) is 11.9. The van der Waals surface area contributed by atoms with Crippen LogP contribution in [0.15, 0.2) is 0 Å². The normalized spacial score (nSPS) is 15.6. The lowest BCUT2D eigenvalue weighted by Crippen LogP contribution is -2.27. The molecular weight excluding hydrogens is 496 g/mol. The lowest BCUT2D eigenvalue weighted by molar-refractivity contribution is -0.160. The summed E-state index contributed by atoms with van der Waals surface area (Å²) < 4.78 is 25.2. The van der Waals surface area contributed by atoms with Gasteiger partial charge in [0.2, 0.25) is 0 Å². The second-order valence-electron chi connectivity index (χ2n) is 8.97. The van der Waals surface area contributed by atoms with E-state index in [0.717, 1.165) is 0 Å². The van der Waals surface area contributed by atoms with Crippen LogP contribution in [0.5, 0.6) is 0 Å². The van der Waals surface area contributed by atoms with Crippen molar-refractivity contribution in [3.8, 4) is 0 Å². The Bertz CT molecular complexity index is 792. The molecule has 0 spiro atoms. The number of aliphatic hydroxyl groups is 1. The number of hydrogen-bond donors (Lipinski definition) is 2. The Kier molecular flexibility index (Phi) is 15.8. The molecule has 0 bridgehead atoms. The summed E-state index contributed by atoms with van der Waals surface area (Å²) in [5, 5.41) is 17.8. The first kappa shape index (κ1) is 33.8. The molecule has 13 heteroatoms. The van der Waals surface area contributed by atoms with E-state index in [0.29, 0.717) is 0 Å². The molecule has 0 heterocycles. The molecule has 6 atom stereocenters. The molecular formula is C24H38O13. The summed E-state index contributed by atoms with van der Waals surface area (Å²) in [6.07, 6.45) is -6.63. The number of carbonyl (C=O) groups is 6. The van der Waals surface area contributed by atoms with Crippen molar-refractivity contribution < 1.29 is 62.7 Å². The Morgan fingerprint density at radius 3 is 0.892 bits per heavy atom. The SMILES string of the molecule is CC(O)CC(=O)OC(C)CC(=O)OC(C)CC(=O)OC(C)CC(=O)OC(C)CC(=O)OC(C)CC(=O)O. The molecule has 0 aliphatic rings. The number of carboxylic acids is 1. The molecule has 0 aliphatic carbocycles. The van der Waals surface area contributed by atoms with Gasteiger partial charge in [-0.05, 0) is 41.5 Å². The van der Waals surface area contributed by atoms with Gasteiger partial charge in [0.05, 0.1) is 44.6 Å². The molecule has 13 nitrogen and oxygen atoms in total. The Balaban J connectivity index is 4.31. The Morgan fingerprint density at radius 2 is 0.676 bits per heavy atom. The van der Waals surface area contributed by atoms with Gasteiger partial charge in [-0.25, -0.2) is 0 Å². The quantitative estimate of drug-likeness (QED) is 0.202. The van der Waals surface area contributed by atoms with Gasteiger partial charge in [-0.15, -0.1) is 0 Å². The van der Waals surface area contributed by atoms with Crippen LogP contribution in [-0.2, 0) is 52.5 Å².